The summed E-state index contributed by atoms with van der Waals surface area (Å²) in [5.41, 5.74) is 6.38. The molecule has 0 aliphatic carbocycles. The lowest BCUT2D eigenvalue weighted by atomic mass is 10.3. The smallest absolute Gasteiger partial charge is 0.272 e. The van der Waals surface area contributed by atoms with Crippen molar-refractivity contribution in [2.45, 2.75) is 13.8 Å². The van der Waals surface area contributed by atoms with Gasteiger partial charge in [0.15, 0.2) is 5.69 Å². The number of nitrogen functional groups attached to an aromatic ring is 1. The van der Waals surface area contributed by atoms with Crippen LogP contribution in [0.2, 0.25) is 0 Å². The molecule has 0 fully saturated rings. The van der Waals surface area contributed by atoms with Crippen molar-refractivity contribution in [3.05, 3.63) is 24.0 Å². The van der Waals surface area contributed by atoms with E-state index in [0.717, 1.165) is 19.6 Å². The van der Waals surface area contributed by atoms with Crippen LogP contribution < -0.4 is 11.1 Å². The molecule has 0 aromatic carbocycles. The van der Waals surface area contributed by atoms with Crippen molar-refractivity contribution < 1.29 is 4.79 Å². The Labute approximate surface area is 102 Å². The number of carbonyl (C=O) groups is 1. The molecular formula is C12H20N4O. The fourth-order valence-corrected chi connectivity index (χ4v) is 1.56. The van der Waals surface area contributed by atoms with Gasteiger partial charge in [0.1, 0.15) is 0 Å². The van der Waals surface area contributed by atoms with Crippen molar-refractivity contribution in [3.8, 4) is 0 Å². The van der Waals surface area contributed by atoms with Crippen LogP contribution in [0.1, 0.15) is 24.3 Å². The maximum Gasteiger partial charge on any atom is 0.272 e. The highest BCUT2D eigenvalue weighted by molar-refractivity contribution is 5.96. The normalized spacial score (nSPS) is 10.5. The molecule has 3 N–H and O–H groups in total. The highest BCUT2D eigenvalue weighted by Crippen LogP contribution is 2.05. The monoisotopic (exact) mass is 236 g/mol. The van der Waals surface area contributed by atoms with Crippen LogP contribution in [0.4, 0.5) is 5.69 Å². The molecule has 0 saturated carbocycles. The molecule has 1 rings (SSSR count). The van der Waals surface area contributed by atoms with Crippen molar-refractivity contribution in [1.82, 2.24) is 15.2 Å². The third-order valence-electron chi connectivity index (χ3n) is 2.66. The first kappa shape index (κ1) is 13.4. The van der Waals surface area contributed by atoms with Crippen LogP contribution in [0.5, 0.6) is 0 Å². The Morgan fingerprint density at radius 1 is 1.47 bits per heavy atom. The van der Waals surface area contributed by atoms with Crippen molar-refractivity contribution in [1.29, 1.82) is 0 Å². The van der Waals surface area contributed by atoms with Gasteiger partial charge in [-0.05, 0) is 25.2 Å². The van der Waals surface area contributed by atoms with Gasteiger partial charge in [0.2, 0.25) is 0 Å². The Balaban J connectivity index is 2.43. The molecule has 0 saturated heterocycles. The zero-order chi connectivity index (χ0) is 12.7. The molecule has 1 amide bonds. The lowest BCUT2D eigenvalue weighted by Crippen LogP contribution is -2.35. The van der Waals surface area contributed by atoms with Gasteiger partial charge < -0.3 is 16.0 Å². The maximum atomic E-state index is 11.8. The van der Waals surface area contributed by atoms with Gasteiger partial charge in [-0.3, -0.25) is 4.79 Å². The average molecular weight is 236 g/mol. The molecule has 0 bridgehead atoms. The van der Waals surface area contributed by atoms with Crippen LogP contribution >= 0.6 is 0 Å². The molecule has 17 heavy (non-hydrogen) atoms. The topological polar surface area (TPSA) is 71.2 Å². The molecule has 0 radical (unpaired) electrons. The molecule has 1 aromatic heterocycles. The summed E-state index contributed by atoms with van der Waals surface area (Å²) in [6, 6.07) is 3.38. The van der Waals surface area contributed by atoms with E-state index in [1.807, 2.05) is 0 Å². The van der Waals surface area contributed by atoms with E-state index in [0.29, 0.717) is 17.9 Å². The second-order valence-electron chi connectivity index (χ2n) is 3.72. The summed E-state index contributed by atoms with van der Waals surface area (Å²) >= 11 is 0. The number of nitrogens with zero attached hydrogens (tertiary/aromatic N) is 2. The minimum absolute atomic E-state index is 0.213. The van der Waals surface area contributed by atoms with E-state index in [1.54, 1.807) is 18.3 Å². The molecule has 94 valence electrons. The number of hydrogen-bond donors (Lipinski definition) is 2. The van der Waals surface area contributed by atoms with Gasteiger partial charge in [0.05, 0.1) is 5.69 Å². The fourth-order valence-electron chi connectivity index (χ4n) is 1.56. The molecule has 1 aromatic rings. The quantitative estimate of drug-likeness (QED) is 0.764. The van der Waals surface area contributed by atoms with E-state index in [1.165, 1.54) is 0 Å². The third-order valence-corrected chi connectivity index (χ3v) is 2.66. The van der Waals surface area contributed by atoms with E-state index < -0.39 is 0 Å². The van der Waals surface area contributed by atoms with Crippen LogP contribution in [0.3, 0.4) is 0 Å². The zero-order valence-electron chi connectivity index (χ0n) is 10.4. The van der Waals surface area contributed by atoms with Crippen molar-refractivity contribution >= 4 is 11.6 Å². The number of anilines is 1. The predicted molar refractivity (Wildman–Crippen MR) is 68.8 cm³/mol. The van der Waals surface area contributed by atoms with Crippen molar-refractivity contribution in [3.63, 3.8) is 0 Å². The van der Waals surface area contributed by atoms with Gasteiger partial charge in [-0.1, -0.05) is 13.8 Å². The molecule has 0 aliphatic rings. The second-order valence-corrected chi connectivity index (χ2v) is 3.72. The van der Waals surface area contributed by atoms with Crippen LogP contribution in [0, 0.1) is 0 Å². The first-order chi connectivity index (χ1) is 8.19. The zero-order valence-corrected chi connectivity index (χ0v) is 10.4. The molecule has 5 heteroatoms. The molecule has 5 nitrogen and oxygen atoms in total. The van der Waals surface area contributed by atoms with E-state index >= 15 is 0 Å². The standard InChI is InChI=1S/C12H20N4O/c1-3-16(4-2)9-8-15-12(17)11-10(13)6-5-7-14-11/h5-7H,3-4,8-9,13H2,1-2H3,(H,15,17). The Kier molecular flexibility index (Phi) is 5.42. The van der Waals surface area contributed by atoms with Crippen molar-refractivity contribution in [2.75, 3.05) is 31.9 Å². The van der Waals surface area contributed by atoms with Gasteiger partial charge in [-0.25, -0.2) is 4.98 Å². The lowest BCUT2D eigenvalue weighted by Gasteiger charge is -2.17. The number of rotatable bonds is 6. The van der Waals surface area contributed by atoms with Gasteiger partial charge in [0, 0.05) is 19.3 Å². The van der Waals surface area contributed by atoms with Gasteiger partial charge in [-0.15, -0.1) is 0 Å². The number of aromatic nitrogens is 1. The third kappa shape index (κ3) is 4.03. The summed E-state index contributed by atoms with van der Waals surface area (Å²) in [6.45, 7) is 7.61. The first-order valence-electron chi connectivity index (χ1n) is 5.90. The van der Waals surface area contributed by atoms with Crippen LogP contribution in [-0.2, 0) is 0 Å². The molecule has 0 atom stereocenters. The summed E-state index contributed by atoms with van der Waals surface area (Å²) in [4.78, 5) is 18.0. The van der Waals surface area contributed by atoms with Gasteiger partial charge in [0.25, 0.3) is 5.91 Å². The van der Waals surface area contributed by atoms with Gasteiger partial charge in [-0.2, -0.15) is 0 Å². The Bertz CT molecular complexity index is 363. The Hall–Kier alpha value is -1.62. The predicted octanol–water partition coefficient (Wildman–Crippen LogP) is 0.735. The van der Waals surface area contributed by atoms with E-state index in [9.17, 15) is 4.79 Å². The molecular weight excluding hydrogens is 216 g/mol. The maximum absolute atomic E-state index is 11.8. The van der Waals surface area contributed by atoms with Crippen LogP contribution in [0.15, 0.2) is 18.3 Å². The summed E-state index contributed by atoms with van der Waals surface area (Å²) in [5, 5.41) is 2.82. The van der Waals surface area contributed by atoms with Crippen LogP contribution in [0.25, 0.3) is 0 Å². The Morgan fingerprint density at radius 2 is 2.18 bits per heavy atom. The molecule has 0 aliphatic heterocycles. The van der Waals surface area contributed by atoms with E-state index in [2.05, 4.69) is 29.0 Å². The number of nitrogens with one attached hydrogen (secondary N) is 1. The van der Waals surface area contributed by atoms with Crippen LogP contribution in [-0.4, -0.2) is 42.0 Å². The fraction of sp³-hybridized carbons (Fsp3) is 0.500. The largest absolute Gasteiger partial charge is 0.397 e. The van der Waals surface area contributed by atoms with E-state index in [-0.39, 0.29) is 5.91 Å². The molecule has 1 heterocycles. The number of amides is 1. The number of pyridine rings is 1. The Morgan fingerprint density at radius 3 is 2.76 bits per heavy atom. The SMILES string of the molecule is CCN(CC)CCNC(=O)c1ncccc1N. The number of hydrogen-bond acceptors (Lipinski definition) is 4. The molecule has 0 spiro atoms. The summed E-state index contributed by atoms with van der Waals surface area (Å²) in [6.07, 6.45) is 1.57. The average Bonchev–Trinajstić information content (AvgIpc) is 2.35. The molecule has 0 unspecified atom stereocenters. The van der Waals surface area contributed by atoms with E-state index in [4.69, 9.17) is 5.73 Å². The number of likely N-dealkylation sites (N-methyl/N-ethyl adjacent to an activating group) is 1. The summed E-state index contributed by atoms with van der Waals surface area (Å²) in [5.74, 6) is -0.213. The highest BCUT2D eigenvalue weighted by atomic mass is 16.1. The number of carbonyl (C=O) groups excluding carboxylic acids is 1. The minimum Gasteiger partial charge on any atom is -0.397 e. The van der Waals surface area contributed by atoms with Gasteiger partial charge >= 0.3 is 0 Å². The lowest BCUT2D eigenvalue weighted by molar-refractivity contribution is 0.0945. The number of nitrogens with two attached hydrogens (primary N) is 1. The highest BCUT2D eigenvalue weighted by Gasteiger charge is 2.10. The first-order valence-corrected chi connectivity index (χ1v) is 5.90. The summed E-state index contributed by atoms with van der Waals surface area (Å²) < 4.78 is 0. The summed E-state index contributed by atoms with van der Waals surface area (Å²) in [7, 11) is 0. The minimum atomic E-state index is -0.213. The van der Waals surface area contributed by atoms with Crippen molar-refractivity contribution in [2.24, 2.45) is 0 Å². The second kappa shape index (κ2) is 6.85.